The molecule has 7 nitrogen and oxygen atoms in total. The van der Waals surface area contributed by atoms with Gasteiger partial charge in [-0.15, -0.1) is 10.2 Å². The van der Waals surface area contributed by atoms with E-state index in [0.29, 0.717) is 22.2 Å². The van der Waals surface area contributed by atoms with Crippen LogP contribution in [0.1, 0.15) is 6.92 Å². The normalized spacial score (nSPS) is 12.4. The van der Waals surface area contributed by atoms with Gasteiger partial charge in [-0.25, -0.2) is 0 Å². The van der Waals surface area contributed by atoms with Crippen LogP contribution in [0, 0.1) is 0 Å². The predicted octanol–water partition coefficient (Wildman–Crippen LogP) is 0.417. The summed E-state index contributed by atoms with van der Waals surface area (Å²) in [4.78, 5) is 15.0. The van der Waals surface area contributed by atoms with Crippen molar-refractivity contribution in [3.05, 3.63) is 36.5 Å². The molecular formula is C13H10N5O2S-. The smallest absolute Gasteiger partial charge is 0.203 e. The zero-order valence-corrected chi connectivity index (χ0v) is 11.8. The topological polar surface area (TPSA) is 96.1 Å². The van der Waals surface area contributed by atoms with Crippen LogP contribution in [0.3, 0.4) is 0 Å². The summed E-state index contributed by atoms with van der Waals surface area (Å²) in [7, 11) is 0. The molecule has 0 radical (unpaired) electrons. The Morgan fingerprint density at radius 1 is 1.29 bits per heavy atom. The van der Waals surface area contributed by atoms with Crippen LogP contribution in [0.25, 0.3) is 17.2 Å². The minimum absolute atomic E-state index is 0.508. The Labute approximate surface area is 124 Å². The molecule has 0 unspecified atom stereocenters. The van der Waals surface area contributed by atoms with E-state index in [0.717, 1.165) is 11.8 Å². The molecule has 8 heteroatoms. The van der Waals surface area contributed by atoms with Crippen LogP contribution in [-0.4, -0.2) is 36.0 Å². The summed E-state index contributed by atoms with van der Waals surface area (Å²) >= 11 is 1.10. The molecule has 3 aromatic rings. The monoisotopic (exact) mass is 300 g/mol. The van der Waals surface area contributed by atoms with Gasteiger partial charge in [0.1, 0.15) is 10.7 Å². The highest BCUT2D eigenvalue weighted by atomic mass is 32.2. The van der Waals surface area contributed by atoms with E-state index in [9.17, 15) is 9.90 Å². The highest BCUT2D eigenvalue weighted by Gasteiger charge is 2.12. The number of carboxylic acid groups (broad SMARTS) is 1. The van der Waals surface area contributed by atoms with E-state index in [-0.39, 0.29) is 0 Å². The standard InChI is InChI=1S/C13H11N5O2S/c1-8(13(19)20)21-11-6-5-10-15-16-12(18(10)17-11)9-4-2-3-7-14-9/h2-8H,1H3,(H,19,20)/p-1/t8-/m0/s1. The Morgan fingerprint density at radius 3 is 2.86 bits per heavy atom. The SMILES string of the molecule is C[C@H](Sc1ccc2nnc(-c3ccccn3)n2n1)C(=O)[O-]. The number of fused-ring (bicyclic) bond motifs is 1. The number of carboxylic acids is 1. The van der Waals surface area contributed by atoms with Gasteiger partial charge in [-0.3, -0.25) is 4.98 Å². The Balaban J connectivity index is 2.02. The van der Waals surface area contributed by atoms with Crippen LogP contribution in [-0.2, 0) is 4.79 Å². The van der Waals surface area contributed by atoms with Crippen LogP contribution < -0.4 is 5.11 Å². The quantitative estimate of drug-likeness (QED) is 0.644. The van der Waals surface area contributed by atoms with Crippen molar-refractivity contribution in [3.63, 3.8) is 0 Å². The highest BCUT2D eigenvalue weighted by Crippen LogP contribution is 2.22. The van der Waals surface area contributed by atoms with E-state index in [1.807, 2.05) is 18.2 Å². The molecular weight excluding hydrogens is 290 g/mol. The molecule has 106 valence electrons. The molecule has 21 heavy (non-hydrogen) atoms. The van der Waals surface area contributed by atoms with Crippen molar-refractivity contribution in [2.24, 2.45) is 0 Å². The van der Waals surface area contributed by atoms with E-state index in [1.165, 1.54) is 0 Å². The van der Waals surface area contributed by atoms with E-state index < -0.39 is 11.2 Å². The average molecular weight is 300 g/mol. The minimum atomic E-state index is -1.13. The molecule has 0 aromatic carbocycles. The van der Waals surface area contributed by atoms with Gasteiger partial charge in [-0.1, -0.05) is 17.8 Å². The van der Waals surface area contributed by atoms with Gasteiger partial charge < -0.3 is 9.90 Å². The van der Waals surface area contributed by atoms with Gasteiger partial charge in [0.05, 0.1) is 5.97 Å². The highest BCUT2D eigenvalue weighted by molar-refractivity contribution is 8.00. The van der Waals surface area contributed by atoms with E-state index in [2.05, 4.69) is 20.3 Å². The zero-order valence-electron chi connectivity index (χ0n) is 11.0. The molecule has 0 N–H and O–H groups in total. The first-order chi connectivity index (χ1) is 10.1. The van der Waals surface area contributed by atoms with Gasteiger partial charge in [0.2, 0.25) is 5.82 Å². The molecule has 0 amide bonds. The van der Waals surface area contributed by atoms with Crippen molar-refractivity contribution < 1.29 is 9.90 Å². The fourth-order valence-corrected chi connectivity index (χ4v) is 2.45. The number of carbonyl (C=O) groups is 1. The van der Waals surface area contributed by atoms with Crippen LogP contribution >= 0.6 is 11.8 Å². The lowest BCUT2D eigenvalue weighted by molar-refractivity contribution is -0.304. The second-order valence-corrected chi connectivity index (χ2v) is 5.62. The summed E-state index contributed by atoms with van der Waals surface area (Å²) in [6.45, 7) is 1.55. The number of rotatable bonds is 4. The average Bonchev–Trinajstić information content (AvgIpc) is 2.91. The fraction of sp³-hybridized carbons (Fsp3) is 0.154. The maximum Gasteiger partial charge on any atom is 0.203 e. The van der Waals surface area contributed by atoms with Gasteiger partial charge in [-0.2, -0.15) is 9.61 Å². The lowest BCUT2D eigenvalue weighted by Crippen LogP contribution is -2.31. The molecule has 0 spiro atoms. The molecule has 0 aliphatic carbocycles. The number of thioether (sulfide) groups is 1. The van der Waals surface area contributed by atoms with Gasteiger partial charge in [0.15, 0.2) is 5.65 Å². The summed E-state index contributed by atoms with van der Waals surface area (Å²) in [6, 6.07) is 8.90. The number of nitrogens with zero attached hydrogens (tertiary/aromatic N) is 5. The lowest BCUT2D eigenvalue weighted by Gasteiger charge is -2.10. The predicted molar refractivity (Wildman–Crippen MR) is 74.3 cm³/mol. The maximum atomic E-state index is 10.8. The van der Waals surface area contributed by atoms with Crippen molar-refractivity contribution in [1.29, 1.82) is 0 Å². The van der Waals surface area contributed by atoms with Crippen molar-refractivity contribution >= 4 is 23.4 Å². The van der Waals surface area contributed by atoms with Crippen molar-refractivity contribution in [2.75, 3.05) is 0 Å². The molecule has 0 fully saturated rings. The van der Waals surface area contributed by atoms with Gasteiger partial charge >= 0.3 is 0 Å². The Hall–Kier alpha value is -2.48. The lowest BCUT2D eigenvalue weighted by atomic mass is 10.3. The van der Waals surface area contributed by atoms with E-state index >= 15 is 0 Å². The van der Waals surface area contributed by atoms with E-state index in [1.54, 1.807) is 29.8 Å². The number of hydrogen-bond donors (Lipinski definition) is 0. The van der Waals surface area contributed by atoms with E-state index in [4.69, 9.17) is 0 Å². The van der Waals surface area contributed by atoms with Gasteiger partial charge in [-0.05, 0) is 31.2 Å². The van der Waals surface area contributed by atoms with Crippen LogP contribution in [0.5, 0.6) is 0 Å². The largest absolute Gasteiger partial charge is 0.549 e. The van der Waals surface area contributed by atoms with Gasteiger partial charge in [0, 0.05) is 11.4 Å². The third-order valence-corrected chi connectivity index (χ3v) is 3.77. The fourth-order valence-electron chi connectivity index (χ4n) is 1.72. The minimum Gasteiger partial charge on any atom is -0.549 e. The molecule has 0 aliphatic rings. The number of pyridine rings is 1. The zero-order chi connectivity index (χ0) is 14.8. The summed E-state index contributed by atoms with van der Waals surface area (Å²) in [5.41, 5.74) is 1.22. The summed E-state index contributed by atoms with van der Waals surface area (Å²) in [6.07, 6.45) is 1.66. The first-order valence-electron chi connectivity index (χ1n) is 6.16. The van der Waals surface area contributed by atoms with Gasteiger partial charge in [0.25, 0.3) is 0 Å². The third kappa shape index (κ3) is 2.70. The molecule has 3 rings (SSSR count). The number of hydrogen-bond acceptors (Lipinski definition) is 7. The molecule has 0 bridgehead atoms. The second-order valence-electron chi connectivity index (χ2n) is 4.26. The Morgan fingerprint density at radius 2 is 2.14 bits per heavy atom. The summed E-state index contributed by atoms with van der Waals surface area (Å²) in [5, 5.41) is 23.1. The van der Waals surface area contributed by atoms with Crippen molar-refractivity contribution in [3.8, 4) is 11.5 Å². The molecule has 3 aromatic heterocycles. The van der Waals surface area contributed by atoms with Crippen LogP contribution in [0.2, 0.25) is 0 Å². The molecule has 3 heterocycles. The van der Waals surface area contributed by atoms with Crippen LogP contribution in [0.4, 0.5) is 0 Å². The summed E-state index contributed by atoms with van der Waals surface area (Å²) in [5.74, 6) is -0.621. The van der Waals surface area contributed by atoms with Crippen molar-refractivity contribution in [1.82, 2.24) is 24.8 Å². The van der Waals surface area contributed by atoms with Crippen molar-refractivity contribution in [2.45, 2.75) is 17.2 Å². The molecule has 0 saturated heterocycles. The first kappa shape index (κ1) is 13.5. The second kappa shape index (κ2) is 5.49. The molecule has 1 atom stereocenters. The first-order valence-corrected chi connectivity index (χ1v) is 7.04. The number of aromatic nitrogens is 5. The number of carbonyl (C=O) groups excluding carboxylic acids is 1. The Bertz CT molecular complexity index is 790. The third-order valence-electron chi connectivity index (χ3n) is 2.76. The summed E-state index contributed by atoms with van der Waals surface area (Å²) < 4.78 is 1.55. The molecule has 0 saturated carbocycles. The maximum absolute atomic E-state index is 10.8. The number of aliphatic carboxylic acids is 1. The Kier molecular flexibility index (Phi) is 3.53. The van der Waals surface area contributed by atoms with Crippen LogP contribution in [0.15, 0.2) is 41.6 Å². The molecule has 0 aliphatic heterocycles.